The molecule has 132 valence electrons. The molecule has 7 heteroatoms. The summed E-state index contributed by atoms with van der Waals surface area (Å²) < 4.78 is 7.26. The average Bonchev–Trinajstić information content (AvgIpc) is 3.08. The second-order valence-electron chi connectivity index (χ2n) is 7.11. The minimum Gasteiger partial charge on any atom is -0.478 e. The number of carbonyl (C=O) groups is 2. The van der Waals surface area contributed by atoms with E-state index in [4.69, 9.17) is 9.84 Å². The first kappa shape index (κ1) is 17.0. The summed E-state index contributed by atoms with van der Waals surface area (Å²) >= 11 is 0. The smallest absolute Gasteiger partial charge is 0.410 e. The van der Waals surface area contributed by atoms with E-state index in [0.717, 1.165) is 16.8 Å². The van der Waals surface area contributed by atoms with Crippen molar-refractivity contribution in [1.82, 2.24) is 14.7 Å². The Labute approximate surface area is 145 Å². The van der Waals surface area contributed by atoms with Crippen LogP contribution in [0.4, 0.5) is 4.79 Å². The van der Waals surface area contributed by atoms with Crippen LogP contribution in [0.3, 0.4) is 0 Å². The highest BCUT2D eigenvalue weighted by Gasteiger charge is 2.30. The van der Waals surface area contributed by atoms with Crippen LogP contribution >= 0.6 is 0 Å². The number of benzene rings is 1. The van der Waals surface area contributed by atoms with Gasteiger partial charge in [-0.05, 0) is 38.5 Å². The number of rotatable bonds is 3. The lowest BCUT2D eigenvalue weighted by Crippen LogP contribution is -2.33. The monoisotopic (exact) mass is 343 g/mol. The van der Waals surface area contributed by atoms with Crippen molar-refractivity contribution in [3.63, 3.8) is 0 Å². The Hall–Kier alpha value is -2.83. The summed E-state index contributed by atoms with van der Waals surface area (Å²) in [7, 11) is 0. The molecule has 1 aliphatic heterocycles. The van der Waals surface area contributed by atoms with E-state index in [0.29, 0.717) is 19.6 Å². The molecule has 0 bridgehead atoms. The van der Waals surface area contributed by atoms with E-state index >= 15 is 0 Å². The maximum absolute atomic E-state index is 12.2. The Morgan fingerprint density at radius 3 is 2.48 bits per heavy atom. The fourth-order valence-corrected chi connectivity index (χ4v) is 2.72. The third kappa shape index (κ3) is 3.81. The predicted octanol–water partition coefficient (Wildman–Crippen LogP) is 2.88. The second kappa shape index (κ2) is 6.23. The highest BCUT2D eigenvalue weighted by molar-refractivity contribution is 5.87. The van der Waals surface area contributed by atoms with Crippen LogP contribution in [0.2, 0.25) is 0 Å². The van der Waals surface area contributed by atoms with Crippen molar-refractivity contribution in [2.75, 3.05) is 0 Å². The molecule has 0 aliphatic carbocycles. The first-order valence-electron chi connectivity index (χ1n) is 8.06. The Morgan fingerprint density at radius 2 is 1.88 bits per heavy atom. The van der Waals surface area contributed by atoms with Gasteiger partial charge in [-0.2, -0.15) is 5.10 Å². The molecule has 0 spiro atoms. The molecule has 2 heterocycles. The molecule has 2 aromatic rings. The van der Waals surface area contributed by atoms with Crippen LogP contribution in [0.15, 0.2) is 30.5 Å². The maximum Gasteiger partial charge on any atom is 0.410 e. The number of carbonyl (C=O) groups excluding carboxylic acids is 1. The minimum absolute atomic E-state index is 0.255. The van der Waals surface area contributed by atoms with Crippen molar-refractivity contribution in [1.29, 1.82) is 0 Å². The van der Waals surface area contributed by atoms with Crippen LogP contribution in [0.5, 0.6) is 0 Å². The summed E-state index contributed by atoms with van der Waals surface area (Å²) in [4.78, 5) is 24.8. The summed E-state index contributed by atoms with van der Waals surface area (Å²) in [5.41, 5.74) is 2.67. The Kier molecular flexibility index (Phi) is 4.24. The minimum atomic E-state index is -0.945. The van der Waals surface area contributed by atoms with Crippen molar-refractivity contribution >= 4 is 12.1 Å². The van der Waals surface area contributed by atoms with Crippen molar-refractivity contribution in [2.45, 2.75) is 46.0 Å². The lowest BCUT2D eigenvalue weighted by atomic mass is 10.1. The molecule has 1 aliphatic rings. The molecule has 7 nitrogen and oxygen atoms in total. The van der Waals surface area contributed by atoms with Gasteiger partial charge in [-0.1, -0.05) is 12.1 Å². The van der Waals surface area contributed by atoms with E-state index < -0.39 is 11.6 Å². The second-order valence-corrected chi connectivity index (χ2v) is 7.11. The molecule has 1 aromatic carbocycles. The topological polar surface area (TPSA) is 84.7 Å². The molecule has 3 rings (SSSR count). The van der Waals surface area contributed by atoms with Gasteiger partial charge in [0.05, 0.1) is 37.1 Å². The first-order valence-corrected chi connectivity index (χ1v) is 8.06. The number of fused-ring (bicyclic) bond motifs is 1. The number of nitrogens with zero attached hydrogens (tertiary/aromatic N) is 3. The molecule has 1 aromatic heterocycles. The van der Waals surface area contributed by atoms with Crippen molar-refractivity contribution < 1.29 is 19.4 Å². The Bertz CT molecular complexity index is 803. The number of hydrogen-bond acceptors (Lipinski definition) is 4. The molecule has 0 saturated heterocycles. The van der Waals surface area contributed by atoms with Gasteiger partial charge < -0.3 is 9.84 Å². The number of aromatic carboxylic acids is 1. The van der Waals surface area contributed by atoms with Gasteiger partial charge >= 0.3 is 12.1 Å². The van der Waals surface area contributed by atoms with E-state index in [1.54, 1.807) is 35.4 Å². The van der Waals surface area contributed by atoms with Crippen molar-refractivity contribution in [2.24, 2.45) is 0 Å². The van der Waals surface area contributed by atoms with Crippen molar-refractivity contribution in [3.05, 3.63) is 52.8 Å². The first-order chi connectivity index (χ1) is 11.7. The summed E-state index contributed by atoms with van der Waals surface area (Å²) in [6, 6.07) is 6.71. The quantitative estimate of drug-likeness (QED) is 0.926. The summed E-state index contributed by atoms with van der Waals surface area (Å²) in [5, 5.41) is 13.3. The third-order valence-electron chi connectivity index (χ3n) is 3.92. The highest BCUT2D eigenvalue weighted by Crippen LogP contribution is 2.25. The average molecular weight is 343 g/mol. The molecule has 1 N–H and O–H groups in total. The summed E-state index contributed by atoms with van der Waals surface area (Å²) in [6.45, 7) is 7.00. The van der Waals surface area contributed by atoms with E-state index in [1.807, 2.05) is 25.5 Å². The number of hydrogen-bond donors (Lipinski definition) is 1. The Morgan fingerprint density at radius 1 is 1.20 bits per heavy atom. The lowest BCUT2D eigenvalue weighted by Gasteiger charge is -2.24. The van der Waals surface area contributed by atoms with Gasteiger partial charge in [0, 0.05) is 5.56 Å². The van der Waals surface area contributed by atoms with Gasteiger partial charge in [-0.25, -0.2) is 9.59 Å². The zero-order chi connectivity index (χ0) is 18.2. The molecule has 25 heavy (non-hydrogen) atoms. The molecule has 0 saturated carbocycles. The molecule has 0 radical (unpaired) electrons. The Balaban J connectivity index is 1.70. The zero-order valence-electron chi connectivity index (χ0n) is 14.5. The van der Waals surface area contributed by atoms with Gasteiger partial charge in [0.1, 0.15) is 5.60 Å². The fourth-order valence-electron chi connectivity index (χ4n) is 2.72. The van der Waals surface area contributed by atoms with Crippen molar-refractivity contribution in [3.8, 4) is 0 Å². The molecule has 0 atom stereocenters. The molecule has 0 unspecified atom stereocenters. The van der Waals surface area contributed by atoms with Gasteiger partial charge in [0.25, 0.3) is 0 Å². The number of amides is 1. The largest absolute Gasteiger partial charge is 0.478 e. The normalized spacial score (nSPS) is 13.6. The molecular weight excluding hydrogens is 322 g/mol. The van der Waals surface area contributed by atoms with Crippen LogP contribution in [0.1, 0.15) is 48.0 Å². The van der Waals surface area contributed by atoms with E-state index in [-0.39, 0.29) is 11.7 Å². The van der Waals surface area contributed by atoms with E-state index in [1.165, 1.54) is 0 Å². The number of ether oxygens (including phenoxy) is 1. The van der Waals surface area contributed by atoms with Crippen LogP contribution in [-0.2, 0) is 24.4 Å². The van der Waals surface area contributed by atoms with Crippen LogP contribution in [0.25, 0.3) is 0 Å². The zero-order valence-corrected chi connectivity index (χ0v) is 14.5. The predicted molar refractivity (Wildman–Crippen MR) is 90.2 cm³/mol. The van der Waals surface area contributed by atoms with Gasteiger partial charge in [-0.15, -0.1) is 0 Å². The molecule has 1 amide bonds. The lowest BCUT2D eigenvalue weighted by molar-refractivity contribution is 0.0238. The number of carboxylic acid groups (broad SMARTS) is 1. The van der Waals surface area contributed by atoms with Gasteiger partial charge in [0.15, 0.2) is 0 Å². The number of carboxylic acids is 1. The van der Waals surface area contributed by atoms with Crippen LogP contribution in [0, 0.1) is 0 Å². The van der Waals surface area contributed by atoms with E-state index in [2.05, 4.69) is 5.10 Å². The van der Waals surface area contributed by atoms with Gasteiger partial charge in [0.2, 0.25) is 0 Å². The number of aromatic nitrogens is 2. The third-order valence-corrected chi connectivity index (χ3v) is 3.92. The standard InChI is InChI=1S/C18H21N3O4/c1-18(2,3)25-17(24)20-10-14-8-19-21(15(14)11-20)9-12-4-6-13(7-5-12)16(22)23/h4-8H,9-11H2,1-3H3,(H,22,23). The molecular formula is C18H21N3O4. The fraction of sp³-hybridized carbons (Fsp3) is 0.389. The van der Waals surface area contributed by atoms with Crippen LogP contribution < -0.4 is 0 Å². The maximum atomic E-state index is 12.2. The highest BCUT2D eigenvalue weighted by atomic mass is 16.6. The SMILES string of the molecule is CC(C)(C)OC(=O)N1Cc2cnn(Cc3ccc(C(=O)O)cc3)c2C1. The molecule has 0 fully saturated rings. The van der Waals surface area contributed by atoms with E-state index in [9.17, 15) is 9.59 Å². The summed E-state index contributed by atoms with van der Waals surface area (Å²) in [6.07, 6.45) is 1.44. The van der Waals surface area contributed by atoms with Crippen LogP contribution in [-0.4, -0.2) is 37.5 Å². The van der Waals surface area contributed by atoms with Gasteiger partial charge in [-0.3, -0.25) is 9.58 Å². The summed E-state index contributed by atoms with van der Waals surface area (Å²) in [5.74, 6) is -0.945.